The summed E-state index contributed by atoms with van der Waals surface area (Å²) in [6, 6.07) is 1.82. The Hall–Kier alpha value is -1.69. The van der Waals surface area contributed by atoms with Crippen molar-refractivity contribution in [3.05, 3.63) is 27.1 Å². The molecule has 0 spiro atoms. The summed E-state index contributed by atoms with van der Waals surface area (Å²) in [6.07, 6.45) is 5.59. The lowest BCUT2D eigenvalue weighted by molar-refractivity contribution is 0.0683. The highest BCUT2D eigenvalue weighted by Crippen LogP contribution is 2.23. The number of carboxylic acid groups (broad SMARTS) is 1. The fourth-order valence-electron chi connectivity index (χ4n) is 1.93. The normalized spacial score (nSPS) is 11.0. The number of fused-ring (bicyclic) bond motifs is 1. The van der Waals surface area contributed by atoms with E-state index in [0.717, 1.165) is 17.7 Å². The SMILES string of the molecule is CCCCCCc1cc2c(=O)[nH]c(C(=O)O)nc2s1. The van der Waals surface area contributed by atoms with Gasteiger partial charge in [-0.05, 0) is 18.9 Å². The van der Waals surface area contributed by atoms with Crippen LogP contribution in [0.4, 0.5) is 0 Å². The van der Waals surface area contributed by atoms with Crippen LogP contribution in [0.1, 0.15) is 48.1 Å². The van der Waals surface area contributed by atoms with E-state index in [9.17, 15) is 9.59 Å². The first-order valence-corrected chi connectivity index (χ1v) is 7.19. The summed E-state index contributed by atoms with van der Waals surface area (Å²) < 4.78 is 0. The van der Waals surface area contributed by atoms with Crippen molar-refractivity contribution in [1.29, 1.82) is 0 Å². The third kappa shape index (κ3) is 3.20. The highest BCUT2D eigenvalue weighted by atomic mass is 32.1. The molecule has 0 aliphatic rings. The molecule has 2 aromatic heterocycles. The first-order valence-electron chi connectivity index (χ1n) is 6.38. The van der Waals surface area contributed by atoms with Crippen molar-refractivity contribution >= 4 is 27.5 Å². The molecule has 2 rings (SSSR count). The molecule has 6 heteroatoms. The van der Waals surface area contributed by atoms with Crippen molar-refractivity contribution in [3.8, 4) is 0 Å². The summed E-state index contributed by atoms with van der Waals surface area (Å²) in [5.41, 5.74) is -0.376. The molecule has 0 aromatic carbocycles. The van der Waals surface area contributed by atoms with E-state index >= 15 is 0 Å². The van der Waals surface area contributed by atoms with E-state index in [1.165, 1.54) is 30.6 Å². The van der Waals surface area contributed by atoms with E-state index in [2.05, 4.69) is 16.9 Å². The highest BCUT2D eigenvalue weighted by molar-refractivity contribution is 7.18. The first-order chi connectivity index (χ1) is 9.11. The van der Waals surface area contributed by atoms with Crippen LogP contribution in [0.3, 0.4) is 0 Å². The summed E-state index contributed by atoms with van der Waals surface area (Å²) in [5.74, 6) is -1.51. The summed E-state index contributed by atoms with van der Waals surface area (Å²) in [7, 11) is 0. The van der Waals surface area contributed by atoms with Gasteiger partial charge < -0.3 is 10.1 Å². The zero-order valence-corrected chi connectivity index (χ0v) is 11.5. The maximum Gasteiger partial charge on any atom is 0.372 e. The first kappa shape index (κ1) is 13.7. The van der Waals surface area contributed by atoms with Gasteiger partial charge in [-0.3, -0.25) is 4.79 Å². The molecule has 2 heterocycles. The predicted octanol–water partition coefficient (Wildman–Crippen LogP) is 2.81. The zero-order valence-electron chi connectivity index (χ0n) is 10.7. The van der Waals surface area contributed by atoms with Crippen LogP contribution in [0.15, 0.2) is 10.9 Å². The fraction of sp³-hybridized carbons (Fsp3) is 0.462. The topological polar surface area (TPSA) is 83.0 Å². The van der Waals surface area contributed by atoms with Crippen LogP contribution in [0.25, 0.3) is 10.2 Å². The van der Waals surface area contributed by atoms with Crippen molar-refractivity contribution in [2.24, 2.45) is 0 Å². The molecule has 2 aromatic rings. The Morgan fingerprint density at radius 2 is 2.21 bits per heavy atom. The van der Waals surface area contributed by atoms with Crippen LogP contribution in [0.5, 0.6) is 0 Å². The Labute approximate surface area is 114 Å². The fourth-order valence-corrected chi connectivity index (χ4v) is 3.00. The average molecular weight is 280 g/mol. The number of aromatic amines is 1. The van der Waals surface area contributed by atoms with Crippen LogP contribution < -0.4 is 5.56 Å². The van der Waals surface area contributed by atoms with Crippen molar-refractivity contribution in [1.82, 2.24) is 9.97 Å². The third-order valence-electron chi connectivity index (χ3n) is 2.93. The molecule has 0 fully saturated rings. The van der Waals surface area contributed by atoms with Crippen LogP contribution in [0, 0.1) is 0 Å². The lowest BCUT2D eigenvalue weighted by Gasteiger charge is -1.95. The van der Waals surface area contributed by atoms with Gasteiger partial charge in [-0.1, -0.05) is 26.2 Å². The number of nitrogens with one attached hydrogen (secondary N) is 1. The quantitative estimate of drug-likeness (QED) is 0.797. The van der Waals surface area contributed by atoms with E-state index in [4.69, 9.17) is 5.11 Å². The number of thiophene rings is 1. The lowest BCUT2D eigenvalue weighted by Crippen LogP contribution is -2.14. The summed E-state index contributed by atoms with van der Waals surface area (Å²) in [6.45, 7) is 2.16. The molecule has 0 amide bonds. The minimum atomic E-state index is -1.21. The Morgan fingerprint density at radius 3 is 2.89 bits per heavy atom. The summed E-state index contributed by atoms with van der Waals surface area (Å²) in [5, 5.41) is 9.33. The Morgan fingerprint density at radius 1 is 1.42 bits per heavy atom. The molecule has 0 saturated heterocycles. The number of aromatic carboxylic acids is 1. The van der Waals surface area contributed by atoms with Crippen LogP contribution >= 0.6 is 11.3 Å². The Kier molecular flexibility index (Phi) is 4.31. The lowest BCUT2D eigenvalue weighted by atomic mass is 10.1. The number of rotatable bonds is 6. The van der Waals surface area contributed by atoms with Gasteiger partial charge in [0.25, 0.3) is 5.56 Å². The number of carboxylic acids is 1. The predicted molar refractivity (Wildman–Crippen MR) is 75.0 cm³/mol. The molecule has 2 N–H and O–H groups in total. The summed E-state index contributed by atoms with van der Waals surface area (Å²) in [4.78, 5) is 30.4. The van der Waals surface area contributed by atoms with Gasteiger partial charge in [-0.15, -0.1) is 11.3 Å². The number of aryl methyl sites for hydroxylation is 1. The van der Waals surface area contributed by atoms with E-state index in [1.54, 1.807) is 0 Å². The summed E-state index contributed by atoms with van der Waals surface area (Å²) >= 11 is 1.41. The number of hydrogen-bond donors (Lipinski definition) is 2. The number of H-pyrrole nitrogens is 1. The van der Waals surface area contributed by atoms with Gasteiger partial charge >= 0.3 is 5.97 Å². The molecular formula is C13H16N2O3S. The number of carbonyl (C=O) groups is 1. The van der Waals surface area contributed by atoms with Gasteiger partial charge in [0.05, 0.1) is 5.39 Å². The molecule has 0 saturated carbocycles. The molecule has 0 aliphatic heterocycles. The highest BCUT2D eigenvalue weighted by Gasteiger charge is 2.12. The number of hydrogen-bond acceptors (Lipinski definition) is 4. The van der Waals surface area contributed by atoms with E-state index < -0.39 is 5.97 Å². The number of nitrogens with zero attached hydrogens (tertiary/aromatic N) is 1. The zero-order chi connectivity index (χ0) is 13.8. The minimum Gasteiger partial charge on any atom is -0.475 e. The number of aromatic nitrogens is 2. The van der Waals surface area contributed by atoms with E-state index in [-0.39, 0.29) is 11.4 Å². The molecule has 102 valence electrons. The third-order valence-corrected chi connectivity index (χ3v) is 4.02. The van der Waals surface area contributed by atoms with E-state index in [0.29, 0.717) is 10.2 Å². The molecule has 0 radical (unpaired) electrons. The van der Waals surface area contributed by atoms with Crippen molar-refractivity contribution in [2.45, 2.75) is 39.0 Å². The van der Waals surface area contributed by atoms with Gasteiger partial charge in [0, 0.05) is 4.88 Å². The second kappa shape index (κ2) is 5.97. The molecule has 0 unspecified atom stereocenters. The minimum absolute atomic E-state index is 0.295. The van der Waals surface area contributed by atoms with Crippen molar-refractivity contribution in [2.75, 3.05) is 0 Å². The molecule has 0 bridgehead atoms. The number of unbranched alkanes of at least 4 members (excludes halogenated alkanes) is 3. The van der Waals surface area contributed by atoms with Crippen molar-refractivity contribution in [3.63, 3.8) is 0 Å². The average Bonchev–Trinajstić information content (AvgIpc) is 2.78. The maximum absolute atomic E-state index is 11.7. The van der Waals surface area contributed by atoms with Crippen LogP contribution in [-0.2, 0) is 6.42 Å². The van der Waals surface area contributed by atoms with Crippen LogP contribution in [0.2, 0.25) is 0 Å². The maximum atomic E-state index is 11.7. The molecule has 0 aliphatic carbocycles. The molecule has 5 nitrogen and oxygen atoms in total. The largest absolute Gasteiger partial charge is 0.475 e. The Bertz CT molecular complexity index is 645. The molecule has 19 heavy (non-hydrogen) atoms. The smallest absolute Gasteiger partial charge is 0.372 e. The second-order valence-corrected chi connectivity index (χ2v) is 5.58. The standard InChI is InChI=1S/C13H16N2O3S/c1-2-3-4-5-6-8-7-9-11(16)14-10(13(17)18)15-12(9)19-8/h7H,2-6H2,1H3,(H,17,18)(H,14,15,16). The second-order valence-electron chi connectivity index (χ2n) is 4.46. The van der Waals surface area contributed by atoms with Gasteiger partial charge in [0.1, 0.15) is 4.83 Å². The van der Waals surface area contributed by atoms with Gasteiger partial charge in [0.15, 0.2) is 0 Å². The molecule has 0 atom stereocenters. The van der Waals surface area contributed by atoms with Gasteiger partial charge in [-0.25, -0.2) is 9.78 Å². The van der Waals surface area contributed by atoms with E-state index in [1.807, 2.05) is 6.07 Å². The monoisotopic (exact) mass is 280 g/mol. The van der Waals surface area contributed by atoms with Crippen molar-refractivity contribution < 1.29 is 9.90 Å². The molecular weight excluding hydrogens is 264 g/mol. The van der Waals surface area contributed by atoms with Gasteiger partial charge in [-0.2, -0.15) is 0 Å². The van der Waals surface area contributed by atoms with Crippen LogP contribution in [-0.4, -0.2) is 21.0 Å². The Balaban J connectivity index is 2.22. The van der Waals surface area contributed by atoms with Gasteiger partial charge in [0.2, 0.25) is 5.82 Å².